The molecule has 0 radical (unpaired) electrons. The number of rotatable bonds is 9. The fraction of sp³-hybridized carbons (Fsp3) is 0.269. The number of esters is 2. The molecular formula is C26H25NO8S. The highest BCUT2D eigenvalue weighted by Crippen LogP contribution is 2.37. The Hall–Kier alpha value is -4.05. The van der Waals surface area contributed by atoms with Gasteiger partial charge in [0.25, 0.3) is 5.91 Å². The van der Waals surface area contributed by atoms with Crippen LogP contribution in [0, 0.1) is 6.92 Å². The second-order valence-corrected chi connectivity index (χ2v) is 9.01. The van der Waals surface area contributed by atoms with Gasteiger partial charge in [-0.05, 0) is 61.7 Å². The largest absolute Gasteiger partial charge is 0.497 e. The van der Waals surface area contributed by atoms with E-state index in [1.807, 2.05) is 25.1 Å². The third-order valence-electron chi connectivity index (χ3n) is 5.40. The maximum Gasteiger partial charge on any atom is 0.341 e. The number of fused-ring (bicyclic) bond motifs is 1. The molecule has 0 saturated carbocycles. The van der Waals surface area contributed by atoms with Crippen molar-refractivity contribution in [2.24, 2.45) is 0 Å². The Morgan fingerprint density at radius 3 is 2.61 bits per heavy atom. The number of hydrogen-bond acceptors (Lipinski definition) is 9. The van der Waals surface area contributed by atoms with Gasteiger partial charge in [0.15, 0.2) is 18.1 Å². The Morgan fingerprint density at radius 2 is 1.83 bits per heavy atom. The first kappa shape index (κ1) is 25.1. The van der Waals surface area contributed by atoms with Crippen molar-refractivity contribution in [3.05, 3.63) is 69.6 Å². The first-order chi connectivity index (χ1) is 17.4. The maximum absolute atomic E-state index is 12.9. The number of carbonyl (C=O) groups is 3. The molecule has 36 heavy (non-hydrogen) atoms. The molecule has 1 N–H and O–H groups in total. The normalized spacial score (nSPS) is 11.6. The summed E-state index contributed by atoms with van der Waals surface area (Å²) in [7, 11) is 1.49. The maximum atomic E-state index is 12.9. The first-order valence-electron chi connectivity index (χ1n) is 11.2. The van der Waals surface area contributed by atoms with E-state index >= 15 is 0 Å². The predicted molar refractivity (Wildman–Crippen MR) is 132 cm³/mol. The number of carbonyl (C=O) groups excluding carboxylic acids is 3. The Labute approximate surface area is 211 Å². The van der Waals surface area contributed by atoms with E-state index in [9.17, 15) is 14.4 Å². The molecule has 1 amide bonds. The van der Waals surface area contributed by atoms with Crippen LogP contribution in [0.5, 0.6) is 17.2 Å². The van der Waals surface area contributed by atoms with Crippen molar-refractivity contribution < 1.29 is 38.1 Å². The summed E-state index contributed by atoms with van der Waals surface area (Å²) in [5.74, 6) is 0.0267. The predicted octanol–water partition coefficient (Wildman–Crippen LogP) is 4.36. The number of thiophene rings is 1. The molecule has 0 fully saturated rings. The lowest BCUT2D eigenvalue weighted by molar-refractivity contribution is -0.119. The van der Waals surface area contributed by atoms with Gasteiger partial charge in [0.05, 0.1) is 24.8 Å². The molecule has 0 aliphatic carbocycles. The van der Waals surface area contributed by atoms with E-state index in [4.69, 9.17) is 23.7 Å². The summed E-state index contributed by atoms with van der Waals surface area (Å²) in [6.45, 7) is 3.41. The molecule has 1 aromatic heterocycles. The van der Waals surface area contributed by atoms with Crippen LogP contribution in [0.15, 0.2) is 42.5 Å². The minimum atomic E-state index is -0.666. The quantitative estimate of drug-likeness (QED) is 0.422. The third kappa shape index (κ3) is 5.60. The minimum Gasteiger partial charge on any atom is -0.497 e. The van der Waals surface area contributed by atoms with Gasteiger partial charge in [-0.2, -0.15) is 0 Å². The average Bonchev–Trinajstić information content (AvgIpc) is 3.46. The summed E-state index contributed by atoms with van der Waals surface area (Å²) in [6.07, 6.45) is 0.424. The van der Waals surface area contributed by atoms with Gasteiger partial charge in [0.1, 0.15) is 10.8 Å². The van der Waals surface area contributed by atoms with Gasteiger partial charge in [-0.25, -0.2) is 9.59 Å². The number of anilines is 1. The van der Waals surface area contributed by atoms with Crippen LogP contribution in [0.2, 0.25) is 0 Å². The number of amides is 1. The SMILES string of the molecule is CCOC(=O)c1c(NC(=O)COC(=O)c2cccc(OC)c2)sc(C)c1Cc1ccc2c(c1)OCO2. The molecule has 2 heterocycles. The van der Waals surface area contributed by atoms with Crippen LogP contribution >= 0.6 is 11.3 Å². The molecule has 0 spiro atoms. The molecule has 1 aliphatic rings. The average molecular weight is 512 g/mol. The van der Waals surface area contributed by atoms with Crippen LogP contribution in [0.1, 0.15) is 43.6 Å². The van der Waals surface area contributed by atoms with Crippen molar-refractivity contribution in [2.75, 3.05) is 32.4 Å². The number of benzene rings is 2. The van der Waals surface area contributed by atoms with Gasteiger partial charge >= 0.3 is 11.9 Å². The molecular weight excluding hydrogens is 486 g/mol. The van der Waals surface area contributed by atoms with Gasteiger partial charge in [-0.1, -0.05) is 12.1 Å². The monoisotopic (exact) mass is 511 g/mol. The van der Waals surface area contributed by atoms with E-state index < -0.39 is 24.5 Å². The van der Waals surface area contributed by atoms with E-state index in [1.54, 1.807) is 25.1 Å². The zero-order chi connectivity index (χ0) is 25.7. The van der Waals surface area contributed by atoms with E-state index in [0.29, 0.717) is 28.7 Å². The fourth-order valence-corrected chi connectivity index (χ4v) is 4.76. The molecule has 0 bridgehead atoms. The van der Waals surface area contributed by atoms with Gasteiger partial charge in [0, 0.05) is 4.88 Å². The highest BCUT2D eigenvalue weighted by Gasteiger charge is 2.25. The molecule has 0 unspecified atom stereocenters. The summed E-state index contributed by atoms with van der Waals surface area (Å²) in [4.78, 5) is 38.7. The Morgan fingerprint density at radius 1 is 1.03 bits per heavy atom. The van der Waals surface area contributed by atoms with E-state index in [-0.39, 0.29) is 24.5 Å². The topological polar surface area (TPSA) is 109 Å². The van der Waals surface area contributed by atoms with Crippen molar-refractivity contribution >= 4 is 34.2 Å². The van der Waals surface area contributed by atoms with Crippen molar-refractivity contribution in [2.45, 2.75) is 20.3 Å². The molecule has 3 aromatic rings. The second kappa shape index (κ2) is 11.1. The number of nitrogens with one attached hydrogen (secondary N) is 1. The minimum absolute atomic E-state index is 0.170. The molecule has 2 aromatic carbocycles. The number of ether oxygens (including phenoxy) is 5. The van der Waals surface area contributed by atoms with Crippen LogP contribution in [-0.2, 0) is 20.7 Å². The lowest BCUT2D eigenvalue weighted by Gasteiger charge is -2.10. The smallest absolute Gasteiger partial charge is 0.341 e. The van der Waals surface area contributed by atoms with Crippen LogP contribution in [0.4, 0.5) is 5.00 Å². The van der Waals surface area contributed by atoms with Gasteiger partial charge in [-0.15, -0.1) is 11.3 Å². The summed E-state index contributed by atoms with van der Waals surface area (Å²) >= 11 is 1.26. The molecule has 9 nitrogen and oxygen atoms in total. The number of aryl methyl sites for hydroxylation is 1. The third-order valence-corrected chi connectivity index (χ3v) is 6.46. The molecule has 4 rings (SSSR count). The Kier molecular flexibility index (Phi) is 7.74. The van der Waals surface area contributed by atoms with Gasteiger partial charge in [-0.3, -0.25) is 4.79 Å². The molecule has 0 atom stereocenters. The van der Waals surface area contributed by atoms with E-state index in [1.165, 1.54) is 24.5 Å². The lowest BCUT2D eigenvalue weighted by Crippen LogP contribution is -2.22. The molecule has 1 aliphatic heterocycles. The lowest BCUT2D eigenvalue weighted by atomic mass is 10.0. The Balaban J connectivity index is 1.50. The highest BCUT2D eigenvalue weighted by atomic mass is 32.1. The van der Waals surface area contributed by atoms with Crippen LogP contribution < -0.4 is 19.5 Å². The number of methoxy groups -OCH3 is 1. The summed E-state index contributed by atoms with van der Waals surface area (Å²) in [6, 6.07) is 12.0. The van der Waals surface area contributed by atoms with Crippen molar-refractivity contribution in [3.8, 4) is 17.2 Å². The summed E-state index contributed by atoms with van der Waals surface area (Å²) in [5.41, 5.74) is 2.19. The summed E-state index contributed by atoms with van der Waals surface area (Å²) < 4.78 is 26.3. The zero-order valence-electron chi connectivity index (χ0n) is 20.0. The molecule has 188 valence electrons. The van der Waals surface area contributed by atoms with Crippen LogP contribution in [0.3, 0.4) is 0 Å². The van der Waals surface area contributed by atoms with Crippen LogP contribution in [0.25, 0.3) is 0 Å². The van der Waals surface area contributed by atoms with E-state index in [0.717, 1.165) is 16.0 Å². The van der Waals surface area contributed by atoms with Crippen molar-refractivity contribution in [3.63, 3.8) is 0 Å². The fourth-order valence-electron chi connectivity index (χ4n) is 3.68. The first-order valence-corrected chi connectivity index (χ1v) is 12.0. The van der Waals surface area contributed by atoms with Gasteiger partial charge in [0.2, 0.25) is 6.79 Å². The highest BCUT2D eigenvalue weighted by molar-refractivity contribution is 7.16. The second-order valence-electron chi connectivity index (χ2n) is 7.78. The van der Waals surface area contributed by atoms with Crippen LogP contribution in [-0.4, -0.2) is 45.0 Å². The zero-order valence-corrected chi connectivity index (χ0v) is 20.9. The van der Waals surface area contributed by atoms with E-state index in [2.05, 4.69) is 5.32 Å². The number of hydrogen-bond donors (Lipinski definition) is 1. The standard InChI is InChI=1S/C26H25NO8S/c1-4-32-26(30)23-19(10-16-8-9-20-21(11-16)35-14-34-20)15(2)36-24(23)27-22(28)13-33-25(29)17-6-5-7-18(12-17)31-3/h5-9,11-12H,4,10,13-14H2,1-3H3,(H,27,28). The Bertz CT molecular complexity index is 1300. The van der Waals surface area contributed by atoms with Gasteiger partial charge < -0.3 is 29.0 Å². The van der Waals surface area contributed by atoms with Crippen molar-refractivity contribution in [1.82, 2.24) is 0 Å². The summed E-state index contributed by atoms with van der Waals surface area (Å²) in [5, 5.41) is 3.04. The molecule has 0 saturated heterocycles. The molecule has 10 heteroatoms. The van der Waals surface area contributed by atoms with Crippen molar-refractivity contribution in [1.29, 1.82) is 0 Å².